The van der Waals surface area contributed by atoms with E-state index in [1.165, 1.54) is 6.92 Å². The monoisotopic (exact) mass is 600 g/mol. The number of rotatable bonds is 11. The van der Waals surface area contributed by atoms with Gasteiger partial charge in [-0.2, -0.15) is 35.1 Å². The Balaban J connectivity index is 1.75. The van der Waals surface area contributed by atoms with E-state index in [1.54, 1.807) is 0 Å². The molecule has 1 saturated carbocycles. The van der Waals surface area contributed by atoms with Gasteiger partial charge in [0.15, 0.2) is 5.72 Å². The second kappa shape index (κ2) is 11.5. The van der Waals surface area contributed by atoms with Crippen LogP contribution in [-0.2, 0) is 25.3 Å². The number of esters is 1. The maximum absolute atomic E-state index is 14.3. The van der Waals surface area contributed by atoms with E-state index < -0.39 is 77.7 Å². The van der Waals surface area contributed by atoms with Gasteiger partial charge < -0.3 is 15.4 Å². The molecule has 1 saturated heterocycles. The molecule has 2 fully saturated rings. The van der Waals surface area contributed by atoms with Crippen molar-refractivity contribution in [3.05, 3.63) is 35.5 Å². The highest BCUT2D eigenvalue weighted by atomic mass is 19.4. The summed E-state index contributed by atoms with van der Waals surface area (Å²) >= 11 is 0. The fourth-order valence-corrected chi connectivity index (χ4v) is 4.63. The number of hydrogen-bond donors (Lipinski definition) is 3. The first-order valence-corrected chi connectivity index (χ1v) is 12.6. The number of amides is 2. The lowest BCUT2D eigenvalue weighted by Gasteiger charge is -2.21. The minimum atomic E-state index is -5.43. The number of aromatic nitrogens is 1. The van der Waals surface area contributed by atoms with E-state index in [9.17, 15) is 49.5 Å². The average molecular weight is 601 g/mol. The van der Waals surface area contributed by atoms with E-state index in [0.29, 0.717) is 25.0 Å². The largest absolute Gasteiger partial charge is 0.490 e. The average Bonchev–Trinajstić information content (AvgIpc) is 3.34. The van der Waals surface area contributed by atoms with Crippen molar-refractivity contribution in [1.82, 2.24) is 15.6 Å². The molecule has 3 N–H and O–H groups in total. The van der Waals surface area contributed by atoms with E-state index in [1.807, 2.05) is 12.2 Å². The fraction of sp³-hybridized carbons (Fsp3) is 0.600. The number of aryl methyl sites for hydroxylation is 1. The normalized spacial score (nSPS) is 24.2. The molecule has 1 aliphatic heterocycles. The van der Waals surface area contributed by atoms with Gasteiger partial charge in [-0.1, -0.05) is 31.9 Å². The van der Waals surface area contributed by atoms with Gasteiger partial charge in [0.25, 0.3) is 5.91 Å². The first kappa shape index (κ1) is 32.2. The molecule has 2 heterocycles. The number of fused-ring (bicyclic) bond motifs is 1. The Morgan fingerprint density at radius 1 is 1.12 bits per heavy atom. The second-order valence-corrected chi connectivity index (χ2v) is 10.1. The van der Waals surface area contributed by atoms with Crippen molar-refractivity contribution in [1.29, 1.82) is 0 Å². The van der Waals surface area contributed by atoms with Gasteiger partial charge >= 0.3 is 24.2 Å². The van der Waals surface area contributed by atoms with Crippen LogP contribution in [0.15, 0.2) is 24.3 Å². The van der Waals surface area contributed by atoms with Crippen molar-refractivity contribution in [3.8, 4) is 0 Å². The number of halogens is 8. The zero-order chi connectivity index (χ0) is 30.9. The number of carbonyl (C=O) groups excluding carboxylic acids is 3. The van der Waals surface area contributed by atoms with Crippen LogP contribution in [0.2, 0.25) is 0 Å². The SMILES string of the molecule is CCCCCC=CC(F)(F)C(=O)NC[C@]12C[C@@H](C(=O)Nc3nc(C(F)(F)F)ccc3C)N[C@@]1(OC(=O)C(F)(F)F)C2. The van der Waals surface area contributed by atoms with E-state index >= 15 is 0 Å². The Morgan fingerprint density at radius 3 is 2.41 bits per heavy atom. The molecule has 0 radical (unpaired) electrons. The highest BCUT2D eigenvalue weighted by Gasteiger charge is 2.77. The van der Waals surface area contributed by atoms with Crippen LogP contribution in [0.3, 0.4) is 0 Å². The molecule has 0 aromatic carbocycles. The van der Waals surface area contributed by atoms with Gasteiger partial charge in [0, 0.05) is 18.4 Å². The summed E-state index contributed by atoms with van der Waals surface area (Å²) in [4.78, 5) is 40.0. The third-order valence-electron chi connectivity index (χ3n) is 6.96. The first-order valence-electron chi connectivity index (χ1n) is 12.6. The van der Waals surface area contributed by atoms with Crippen LogP contribution in [0.1, 0.15) is 56.7 Å². The molecule has 2 amide bonds. The fourth-order valence-electron chi connectivity index (χ4n) is 4.63. The number of anilines is 1. The summed E-state index contributed by atoms with van der Waals surface area (Å²) < 4.78 is 111. The zero-order valence-corrected chi connectivity index (χ0v) is 21.9. The maximum Gasteiger partial charge on any atom is 0.490 e. The van der Waals surface area contributed by atoms with Crippen molar-refractivity contribution in [2.24, 2.45) is 5.41 Å². The Bertz CT molecular complexity index is 1200. The maximum atomic E-state index is 14.3. The van der Waals surface area contributed by atoms with Crippen molar-refractivity contribution in [2.45, 2.75) is 82.4 Å². The summed E-state index contributed by atoms with van der Waals surface area (Å²) in [6, 6.07) is 0.303. The number of unbranched alkanes of at least 4 members (excludes halogenated alkanes) is 3. The lowest BCUT2D eigenvalue weighted by molar-refractivity contribution is -0.210. The summed E-state index contributed by atoms with van der Waals surface area (Å²) in [5.74, 6) is -9.81. The summed E-state index contributed by atoms with van der Waals surface area (Å²) in [5, 5.41) is 6.54. The summed E-state index contributed by atoms with van der Waals surface area (Å²) in [6.45, 7) is 2.59. The van der Waals surface area contributed by atoms with Gasteiger partial charge in [-0.25, -0.2) is 9.78 Å². The molecule has 1 aromatic heterocycles. The van der Waals surface area contributed by atoms with Crippen LogP contribution in [0.25, 0.3) is 0 Å². The molecule has 3 atom stereocenters. The number of allylic oxidation sites excluding steroid dienone is 1. The van der Waals surface area contributed by atoms with Crippen LogP contribution < -0.4 is 16.0 Å². The number of piperidine rings is 1. The Morgan fingerprint density at radius 2 is 1.80 bits per heavy atom. The van der Waals surface area contributed by atoms with Gasteiger partial charge in [0.2, 0.25) is 5.91 Å². The summed E-state index contributed by atoms with van der Waals surface area (Å²) in [7, 11) is 0. The van der Waals surface area contributed by atoms with Crippen LogP contribution >= 0.6 is 0 Å². The molecular weight excluding hydrogens is 572 g/mol. The van der Waals surface area contributed by atoms with E-state index in [0.717, 1.165) is 25.0 Å². The first-order chi connectivity index (χ1) is 18.9. The molecule has 8 nitrogen and oxygen atoms in total. The van der Waals surface area contributed by atoms with E-state index in [4.69, 9.17) is 0 Å². The third kappa shape index (κ3) is 7.32. The number of nitrogens with zero attached hydrogens (tertiary/aromatic N) is 1. The van der Waals surface area contributed by atoms with Crippen LogP contribution in [0.5, 0.6) is 0 Å². The van der Waals surface area contributed by atoms with Crippen molar-refractivity contribution < 1.29 is 54.2 Å². The lowest BCUT2D eigenvalue weighted by atomic mass is 9.98. The van der Waals surface area contributed by atoms with Gasteiger partial charge in [0.05, 0.1) is 6.04 Å². The van der Waals surface area contributed by atoms with Gasteiger partial charge in [-0.3, -0.25) is 14.9 Å². The number of nitrogens with one attached hydrogen (secondary N) is 3. The van der Waals surface area contributed by atoms with Gasteiger partial charge in [-0.15, -0.1) is 0 Å². The van der Waals surface area contributed by atoms with Crippen LogP contribution in [0, 0.1) is 12.3 Å². The smallest absolute Gasteiger partial charge is 0.437 e. The zero-order valence-electron chi connectivity index (χ0n) is 21.9. The molecule has 0 unspecified atom stereocenters. The highest BCUT2D eigenvalue weighted by molar-refractivity contribution is 5.95. The standard InChI is InChI=1S/C25H28F8N4O4/c1-3-4-5-6-7-10-22(26,27)19(39)34-13-21-11-15(37-23(21,12-21)41-20(40)25(31,32)33)18(38)36-17-14(2)8-9-16(35-17)24(28,29)30/h7-10,15,37H,3-6,11-13H2,1-2H3,(H,34,39)(H,35,36,38)/t15-,21+,23+/m0/s1. The number of hydrogen-bond acceptors (Lipinski definition) is 6. The van der Waals surface area contributed by atoms with Gasteiger partial charge in [0.1, 0.15) is 11.5 Å². The van der Waals surface area contributed by atoms with E-state index in [2.05, 4.69) is 20.4 Å². The van der Waals surface area contributed by atoms with Crippen molar-refractivity contribution in [3.63, 3.8) is 0 Å². The topological polar surface area (TPSA) is 109 Å². The van der Waals surface area contributed by atoms with Crippen LogP contribution in [0.4, 0.5) is 40.9 Å². The molecule has 1 aliphatic carbocycles. The van der Waals surface area contributed by atoms with Crippen LogP contribution in [-0.4, -0.2) is 53.2 Å². The summed E-state index contributed by atoms with van der Waals surface area (Å²) in [5.41, 5.74) is -4.89. The Hall–Kier alpha value is -3.30. The highest BCUT2D eigenvalue weighted by Crippen LogP contribution is 2.64. The molecule has 3 rings (SSSR count). The third-order valence-corrected chi connectivity index (χ3v) is 6.96. The van der Waals surface area contributed by atoms with Crippen molar-refractivity contribution in [2.75, 3.05) is 11.9 Å². The van der Waals surface area contributed by atoms with Gasteiger partial charge in [-0.05, 0) is 43.9 Å². The molecule has 0 bridgehead atoms. The molecular formula is C25H28F8N4O4. The molecule has 1 aromatic rings. The molecule has 41 heavy (non-hydrogen) atoms. The predicted molar refractivity (Wildman–Crippen MR) is 127 cm³/mol. The molecule has 228 valence electrons. The second-order valence-electron chi connectivity index (χ2n) is 10.1. The van der Waals surface area contributed by atoms with E-state index in [-0.39, 0.29) is 12.0 Å². The minimum Gasteiger partial charge on any atom is -0.437 e. The molecule has 16 heteroatoms. The number of alkyl halides is 8. The number of carbonyl (C=O) groups is 3. The Kier molecular flexibility index (Phi) is 9.06. The quantitative estimate of drug-likeness (QED) is 0.146. The lowest BCUT2D eigenvalue weighted by Crippen LogP contribution is -2.47. The minimum absolute atomic E-state index is 0.139. The van der Waals surface area contributed by atoms with Crippen molar-refractivity contribution >= 4 is 23.6 Å². The number of pyridine rings is 1. The predicted octanol–water partition coefficient (Wildman–Crippen LogP) is 4.79. The molecule has 2 aliphatic rings. The number of ether oxygens (including phenoxy) is 1. The molecule has 0 spiro atoms. The Labute approximate surface area is 229 Å². The summed E-state index contributed by atoms with van der Waals surface area (Å²) in [6.07, 6.45) is -6.87.